The van der Waals surface area contributed by atoms with Gasteiger partial charge >= 0.3 is 53.9 Å². The summed E-state index contributed by atoms with van der Waals surface area (Å²) < 4.78 is 214. The van der Waals surface area contributed by atoms with E-state index < -0.39 is 66.0 Å². The Morgan fingerprint density at radius 3 is 1.44 bits per heavy atom. The molecule has 0 atom stereocenters. The molecule has 0 saturated heterocycles. The average Bonchev–Trinajstić information content (AvgIpc) is 2.71. The largest absolute Gasteiger partial charge is 0.455 e. The van der Waals surface area contributed by atoms with E-state index in [1.54, 1.807) is 0 Å². The molecular formula is C16H8F16O2. The van der Waals surface area contributed by atoms with Crippen molar-refractivity contribution in [3.05, 3.63) is 35.9 Å². The molecule has 0 aliphatic rings. The fraction of sp³-hybridized carbons (Fsp3) is 0.562. The van der Waals surface area contributed by atoms with Crippen LogP contribution in [0, 0.1) is 0 Å². The normalized spacial score (nSPS) is 15.0. The summed E-state index contributed by atoms with van der Waals surface area (Å²) in [5, 5.41) is 0. The second-order valence-corrected chi connectivity index (χ2v) is 6.44. The van der Waals surface area contributed by atoms with Crippen molar-refractivity contribution in [2.24, 2.45) is 0 Å². The van der Waals surface area contributed by atoms with Crippen LogP contribution in [0.1, 0.15) is 10.4 Å². The van der Waals surface area contributed by atoms with E-state index in [9.17, 15) is 75.0 Å². The number of hydrogen-bond acceptors (Lipinski definition) is 2. The lowest BCUT2D eigenvalue weighted by Gasteiger charge is -2.42. The summed E-state index contributed by atoms with van der Waals surface area (Å²) in [6.45, 7) is -3.21. The molecule has 0 bridgehead atoms. The van der Waals surface area contributed by atoms with Gasteiger partial charge in [-0.15, -0.1) is 0 Å². The molecule has 1 aromatic carbocycles. The first kappa shape index (κ1) is 29.6. The molecular weight excluding hydrogens is 528 g/mol. The van der Waals surface area contributed by atoms with Crippen LogP contribution in [0.5, 0.6) is 0 Å². The van der Waals surface area contributed by atoms with Crippen molar-refractivity contribution < 1.29 is 79.8 Å². The molecule has 1 rings (SSSR count). The second kappa shape index (κ2) is 8.66. The second-order valence-electron chi connectivity index (χ2n) is 6.44. The quantitative estimate of drug-likeness (QED) is 0.250. The highest BCUT2D eigenvalue weighted by Gasteiger charge is 2.93. The van der Waals surface area contributed by atoms with Crippen molar-refractivity contribution in [1.82, 2.24) is 0 Å². The van der Waals surface area contributed by atoms with E-state index in [0.717, 1.165) is 24.3 Å². The van der Waals surface area contributed by atoms with Crippen molar-refractivity contribution in [2.45, 2.75) is 47.9 Å². The standard InChI is InChI=1S/C16H8F16O2/c17-9(18)11(21,22)13(25,26)15(29,30)16(31,32)14(27,28)12(23,24)10(19,20)6-34-8(33)7-4-2-1-3-5-7/h1-5,9H,6H2. The zero-order chi connectivity index (χ0) is 27.2. The summed E-state index contributed by atoms with van der Waals surface area (Å²) >= 11 is 0. The third-order valence-corrected chi connectivity index (χ3v) is 4.12. The Labute approximate surface area is 177 Å². The molecule has 2 nitrogen and oxygen atoms in total. The van der Waals surface area contributed by atoms with Gasteiger partial charge in [-0.3, -0.25) is 0 Å². The van der Waals surface area contributed by atoms with Crippen LogP contribution in [0.4, 0.5) is 70.2 Å². The van der Waals surface area contributed by atoms with Crippen LogP contribution < -0.4 is 0 Å². The lowest BCUT2D eigenvalue weighted by Crippen LogP contribution is -2.74. The lowest BCUT2D eigenvalue weighted by atomic mass is 9.89. The highest BCUT2D eigenvalue weighted by molar-refractivity contribution is 5.89. The first-order valence-electron chi connectivity index (χ1n) is 8.08. The van der Waals surface area contributed by atoms with Gasteiger partial charge in [-0.05, 0) is 12.1 Å². The van der Waals surface area contributed by atoms with Gasteiger partial charge in [-0.2, -0.15) is 61.5 Å². The average molecular weight is 536 g/mol. The number of ether oxygens (including phenoxy) is 1. The molecule has 0 spiro atoms. The minimum Gasteiger partial charge on any atom is -0.455 e. The molecule has 18 heteroatoms. The van der Waals surface area contributed by atoms with E-state index in [2.05, 4.69) is 4.74 Å². The molecule has 0 aliphatic carbocycles. The number of rotatable bonds is 10. The van der Waals surface area contributed by atoms with Crippen molar-refractivity contribution in [3.8, 4) is 0 Å². The minimum atomic E-state index is -8.49. The van der Waals surface area contributed by atoms with Crippen LogP contribution >= 0.6 is 0 Å². The number of carbonyl (C=O) groups excluding carboxylic acids is 1. The molecule has 0 saturated carbocycles. The predicted molar refractivity (Wildman–Crippen MR) is 77.4 cm³/mol. The Balaban J connectivity index is 3.38. The van der Waals surface area contributed by atoms with Crippen LogP contribution in [0.3, 0.4) is 0 Å². The van der Waals surface area contributed by atoms with Gasteiger partial charge in [-0.1, -0.05) is 18.2 Å². The third-order valence-electron chi connectivity index (χ3n) is 4.12. The molecule has 0 aromatic heterocycles. The Bertz CT molecular complexity index is 865. The fourth-order valence-corrected chi connectivity index (χ4v) is 2.07. The summed E-state index contributed by atoms with van der Waals surface area (Å²) in [7, 11) is 0. The van der Waals surface area contributed by atoms with Gasteiger partial charge in [0, 0.05) is 0 Å². The molecule has 196 valence electrons. The zero-order valence-electron chi connectivity index (χ0n) is 15.5. The number of alkyl halides is 16. The van der Waals surface area contributed by atoms with E-state index in [4.69, 9.17) is 0 Å². The molecule has 0 amide bonds. The first-order chi connectivity index (χ1) is 14.9. The molecule has 0 N–H and O–H groups in total. The third kappa shape index (κ3) is 4.23. The number of hydrogen-bond donors (Lipinski definition) is 0. The van der Waals surface area contributed by atoms with Gasteiger partial charge in [-0.25, -0.2) is 13.6 Å². The van der Waals surface area contributed by atoms with Gasteiger partial charge in [0.1, 0.15) is 0 Å². The number of halogens is 16. The van der Waals surface area contributed by atoms with Crippen molar-refractivity contribution in [2.75, 3.05) is 6.61 Å². The van der Waals surface area contributed by atoms with E-state index in [0.29, 0.717) is 0 Å². The van der Waals surface area contributed by atoms with Crippen LogP contribution in [0.25, 0.3) is 0 Å². The molecule has 0 fully saturated rings. The van der Waals surface area contributed by atoms with E-state index >= 15 is 0 Å². The summed E-state index contributed by atoms with van der Waals surface area (Å²) in [4.78, 5) is 11.4. The topological polar surface area (TPSA) is 26.3 Å². The van der Waals surface area contributed by atoms with Crippen LogP contribution in [-0.4, -0.2) is 60.5 Å². The van der Waals surface area contributed by atoms with Crippen LogP contribution in [0.2, 0.25) is 0 Å². The monoisotopic (exact) mass is 536 g/mol. The van der Waals surface area contributed by atoms with Gasteiger partial charge in [0.15, 0.2) is 6.61 Å². The van der Waals surface area contributed by atoms with Crippen LogP contribution in [0.15, 0.2) is 30.3 Å². The molecule has 0 radical (unpaired) electrons. The van der Waals surface area contributed by atoms with Crippen LogP contribution in [-0.2, 0) is 4.74 Å². The Morgan fingerprint density at radius 1 is 0.647 bits per heavy atom. The summed E-state index contributed by atoms with van der Waals surface area (Å²) in [5.41, 5.74) is -0.681. The summed E-state index contributed by atoms with van der Waals surface area (Å²) in [5.74, 6) is -57.3. The molecule has 0 unspecified atom stereocenters. The highest BCUT2D eigenvalue weighted by atomic mass is 19.4. The molecule has 34 heavy (non-hydrogen) atoms. The fourth-order valence-electron chi connectivity index (χ4n) is 2.07. The molecule has 0 heterocycles. The SMILES string of the molecule is O=C(OCC(F)(F)C(F)(F)C(F)(F)C(F)(F)C(F)(F)C(F)(F)C(F)(F)C(F)F)c1ccccc1. The maximum Gasteiger partial charge on any atom is 0.385 e. The first-order valence-corrected chi connectivity index (χ1v) is 8.08. The predicted octanol–water partition coefficient (Wildman–Crippen LogP) is 6.56. The molecule has 1 aromatic rings. The van der Waals surface area contributed by atoms with Gasteiger partial charge in [0.05, 0.1) is 5.56 Å². The van der Waals surface area contributed by atoms with Gasteiger partial charge in [0.2, 0.25) is 0 Å². The maximum atomic E-state index is 13.6. The lowest BCUT2D eigenvalue weighted by molar-refractivity contribution is -0.447. The molecule has 0 aliphatic heterocycles. The summed E-state index contributed by atoms with van der Waals surface area (Å²) in [6, 6.07) is 4.93. The van der Waals surface area contributed by atoms with Crippen molar-refractivity contribution in [3.63, 3.8) is 0 Å². The van der Waals surface area contributed by atoms with Crippen molar-refractivity contribution >= 4 is 5.97 Å². The van der Waals surface area contributed by atoms with E-state index in [1.165, 1.54) is 6.07 Å². The smallest absolute Gasteiger partial charge is 0.385 e. The highest BCUT2D eigenvalue weighted by Crippen LogP contribution is 2.62. The Hall–Kier alpha value is -2.43. The Morgan fingerprint density at radius 2 is 1.03 bits per heavy atom. The van der Waals surface area contributed by atoms with Gasteiger partial charge in [0.25, 0.3) is 0 Å². The van der Waals surface area contributed by atoms with Crippen molar-refractivity contribution in [1.29, 1.82) is 0 Å². The zero-order valence-corrected chi connectivity index (χ0v) is 15.5. The number of carbonyl (C=O) groups is 1. The maximum absolute atomic E-state index is 13.6. The summed E-state index contributed by atoms with van der Waals surface area (Å²) in [6.07, 6.45) is -5.91. The van der Waals surface area contributed by atoms with Gasteiger partial charge < -0.3 is 4.74 Å². The number of esters is 1. The van der Waals surface area contributed by atoms with E-state index in [-0.39, 0.29) is 0 Å². The number of benzene rings is 1. The minimum absolute atomic E-state index is 0.681. The Kier molecular flexibility index (Phi) is 7.54. The van der Waals surface area contributed by atoms with E-state index in [1.807, 2.05) is 0 Å².